The smallest absolute Gasteiger partial charge is 0.124 e. The van der Waals surface area contributed by atoms with Crippen molar-refractivity contribution in [2.24, 2.45) is 11.7 Å². The molecule has 2 atom stereocenters. The summed E-state index contributed by atoms with van der Waals surface area (Å²) < 4.78 is 2.10. The van der Waals surface area contributed by atoms with Crippen LogP contribution in [-0.2, 0) is 0 Å². The third-order valence-corrected chi connectivity index (χ3v) is 4.29. The minimum atomic E-state index is 0.369. The van der Waals surface area contributed by atoms with Gasteiger partial charge < -0.3 is 16.4 Å². The minimum absolute atomic E-state index is 0.369. The van der Waals surface area contributed by atoms with Crippen LogP contribution in [0.1, 0.15) is 31.7 Å². The van der Waals surface area contributed by atoms with Gasteiger partial charge in [0.1, 0.15) is 5.82 Å². The van der Waals surface area contributed by atoms with Crippen LogP contribution in [0.4, 0.5) is 5.82 Å². The van der Waals surface area contributed by atoms with Gasteiger partial charge in [0, 0.05) is 31.7 Å². The molecule has 1 saturated heterocycles. The quantitative estimate of drug-likeness (QED) is 0.743. The highest BCUT2D eigenvalue weighted by Gasteiger charge is 2.24. The fourth-order valence-corrected chi connectivity index (χ4v) is 2.92. The Balaban J connectivity index is 1.57. The van der Waals surface area contributed by atoms with Crippen LogP contribution in [0.5, 0.6) is 0 Å². The van der Waals surface area contributed by atoms with Gasteiger partial charge in [0.15, 0.2) is 0 Å². The summed E-state index contributed by atoms with van der Waals surface area (Å²) in [5.74, 6) is 1.75. The number of hydrogen-bond donors (Lipinski definition) is 3. The van der Waals surface area contributed by atoms with Gasteiger partial charge in [-0.05, 0) is 18.8 Å². The summed E-state index contributed by atoms with van der Waals surface area (Å²) in [7, 11) is 0. The van der Waals surface area contributed by atoms with Crippen LogP contribution in [0.25, 0.3) is 0 Å². The Hall–Kier alpha value is -1.07. The molecule has 5 heteroatoms. The second-order valence-corrected chi connectivity index (χ2v) is 5.56. The molecule has 4 N–H and O–H groups in total. The summed E-state index contributed by atoms with van der Waals surface area (Å²) in [5, 5.41) is 11.2. The van der Waals surface area contributed by atoms with Crippen molar-refractivity contribution in [2.45, 2.75) is 37.8 Å². The highest BCUT2D eigenvalue weighted by atomic mass is 15.4. The molecule has 5 nitrogen and oxygen atoms in total. The van der Waals surface area contributed by atoms with Crippen molar-refractivity contribution in [3.8, 4) is 0 Å². The molecule has 0 radical (unpaired) electrons. The fraction of sp³-hybridized carbons (Fsp3) is 0.769. The molecule has 3 rings (SSSR count). The monoisotopic (exact) mass is 249 g/mol. The lowest BCUT2D eigenvalue weighted by molar-refractivity contribution is 0.312. The molecule has 0 spiro atoms. The number of rotatable bonds is 4. The van der Waals surface area contributed by atoms with E-state index >= 15 is 0 Å². The SMILES string of the molecule is NC1CCCCC1CNc1ccnn1C1CNC1. The highest BCUT2D eigenvalue weighted by molar-refractivity contribution is 5.35. The summed E-state index contributed by atoms with van der Waals surface area (Å²) in [4.78, 5) is 0. The van der Waals surface area contributed by atoms with E-state index in [0.717, 1.165) is 25.5 Å². The molecule has 2 unspecified atom stereocenters. The van der Waals surface area contributed by atoms with Crippen molar-refractivity contribution in [3.05, 3.63) is 12.3 Å². The Bertz CT molecular complexity index is 384. The first-order valence-corrected chi connectivity index (χ1v) is 7.08. The van der Waals surface area contributed by atoms with Crippen LogP contribution in [0.15, 0.2) is 12.3 Å². The zero-order valence-corrected chi connectivity index (χ0v) is 10.8. The van der Waals surface area contributed by atoms with E-state index < -0.39 is 0 Å². The molecule has 0 amide bonds. The van der Waals surface area contributed by atoms with Gasteiger partial charge in [-0.2, -0.15) is 5.10 Å². The van der Waals surface area contributed by atoms with Crippen molar-refractivity contribution in [1.29, 1.82) is 0 Å². The molecule has 0 aromatic carbocycles. The molecule has 2 heterocycles. The fourth-order valence-electron chi connectivity index (χ4n) is 2.92. The van der Waals surface area contributed by atoms with Gasteiger partial charge in [-0.3, -0.25) is 0 Å². The molecule has 1 aliphatic carbocycles. The maximum Gasteiger partial charge on any atom is 0.124 e. The Morgan fingerprint density at radius 1 is 1.39 bits per heavy atom. The molecule has 18 heavy (non-hydrogen) atoms. The van der Waals surface area contributed by atoms with Gasteiger partial charge >= 0.3 is 0 Å². The molecule has 2 aliphatic rings. The van der Waals surface area contributed by atoms with Crippen LogP contribution < -0.4 is 16.4 Å². The molecule has 2 fully saturated rings. The van der Waals surface area contributed by atoms with E-state index in [0.29, 0.717) is 18.0 Å². The van der Waals surface area contributed by atoms with Crippen molar-refractivity contribution in [3.63, 3.8) is 0 Å². The second-order valence-electron chi connectivity index (χ2n) is 5.56. The third kappa shape index (κ3) is 2.37. The predicted octanol–water partition coefficient (Wildman–Crippen LogP) is 0.957. The first kappa shape index (κ1) is 12.0. The van der Waals surface area contributed by atoms with E-state index in [-0.39, 0.29) is 0 Å². The third-order valence-electron chi connectivity index (χ3n) is 4.29. The van der Waals surface area contributed by atoms with E-state index in [4.69, 9.17) is 5.73 Å². The Labute approximate surface area is 108 Å². The van der Waals surface area contributed by atoms with E-state index in [1.807, 2.05) is 6.20 Å². The molecule has 1 saturated carbocycles. The summed E-state index contributed by atoms with van der Waals surface area (Å²) in [6.07, 6.45) is 6.93. The van der Waals surface area contributed by atoms with Crippen LogP contribution in [0, 0.1) is 5.92 Å². The number of nitrogens with two attached hydrogens (primary N) is 1. The standard InChI is InChI=1S/C13H23N5/c14-12-4-2-1-3-10(12)7-16-13-5-6-17-18(13)11-8-15-9-11/h5-6,10-12,15-16H,1-4,7-9,14H2. The van der Waals surface area contributed by atoms with Gasteiger partial charge in [0.2, 0.25) is 0 Å². The Morgan fingerprint density at radius 3 is 2.94 bits per heavy atom. The highest BCUT2D eigenvalue weighted by Crippen LogP contribution is 2.24. The topological polar surface area (TPSA) is 67.9 Å². The van der Waals surface area contributed by atoms with Crippen molar-refractivity contribution in [2.75, 3.05) is 25.0 Å². The van der Waals surface area contributed by atoms with Crippen LogP contribution in [0.2, 0.25) is 0 Å². The molecule has 1 aromatic heterocycles. The number of nitrogens with one attached hydrogen (secondary N) is 2. The molecule has 100 valence electrons. The molecule has 1 aliphatic heterocycles. The number of aromatic nitrogens is 2. The lowest BCUT2D eigenvalue weighted by Crippen LogP contribution is -2.44. The Morgan fingerprint density at radius 2 is 2.22 bits per heavy atom. The maximum atomic E-state index is 6.18. The van der Waals surface area contributed by atoms with Crippen LogP contribution in [-0.4, -0.2) is 35.5 Å². The first-order chi connectivity index (χ1) is 8.84. The van der Waals surface area contributed by atoms with Gasteiger partial charge in [-0.1, -0.05) is 12.8 Å². The average Bonchev–Trinajstić information content (AvgIpc) is 2.74. The minimum Gasteiger partial charge on any atom is -0.370 e. The summed E-state index contributed by atoms with van der Waals surface area (Å²) in [5.41, 5.74) is 6.18. The Kier molecular flexibility index (Phi) is 3.52. The largest absolute Gasteiger partial charge is 0.370 e. The lowest BCUT2D eigenvalue weighted by atomic mass is 9.85. The number of anilines is 1. The summed E-state index contributed by atoms with van der Waals surface area (Å²) in [6, 6.07) is 2.95. The van der Waals surface area contributed by atoms with Crippen molar-refractivity contribution >= 4 is 5.82 Å². The maximum absolute atomic E-state index is 6.18. The zero-order valence-electron chi connectivity index (χ0n) is 10.8. The van der Waals surface area contributed by atoms with Gasteiger partial charge in [0.25, 0.3) is 0 Å². The summed E-state index contributed by atoms with van der Waals surface area (Å²) >= 11 is 0. The number of hydrogen-bond acceptors (Lipinski definition) is 4. The summed E-state index contributed by atoms with van der Waals surface area (Å²) in [6.45, 7) is 3.03. The first-order valence-electron chi connectivity index (χ1n) is 7.08. The molecular weight excluding hydrogens is 226 g/mol. The molecular formula is C13H23N5. The number of nitrogens with zero attached hydrogens (tertiary/aromatic N) is 2. The van der Waals surface area contributed by atoms with E-state index in [2.05, 4.69) is 26.5 Å². The van der Waals surface area contributed by atoms with E-state index in [1.54, 1.807) is 0 Å². The normalized spacial score (nSPS) is 28.9. The second kappa shape index (κ2) is 5.28. The molecule has 1 aromatic rings. The zero-order chi connectivity index (χ0) is 12.4. The van der Waals surface area contributed by atoms with Gasteiger partial charge in [0.05, 0.1) is 12.2 Å². The van der Waals surface area contributed by atoms with Crippen LogP contribution >= 0.6 is 0 Å². The lowest BCUT2D eigenvalue weighted by Gasteiger charge is -2.31. The average molecular weight is 249 g/mol. The van der Waals surface area contributed by atoms with Gasteiger partial charge in [-0.15, -0.1) is 0 Å². The predicted molar refractivity (Wildman–Crippen MR) is 72.6 cm³/mol. The van der Waals surface area contributed by atoms with E-state index in [9.17, 15) is 0 Å². The van der Waals surface area contributed by atoms with E-state index in [1.165, 1.54) is 25.7 Å². The van der Waals surface area contributed by atoms with Gasteiger partial charge in [-0.25, -0.2) is 4.68 Å². The van der Waals surface area contributed by atoms with Crippen molar-refractivity contribution in [1.82, 2.24) is 15.1 Å². The van der Waals surface area contributed by atoms with Crippen molar-refractivity contribution < 1.29 is 0 Å². The molecule has 0 bridgehead atoms. The van der Waals surface area contributed by atoms with Crippen LogP contribution in [0.3, 0.4) is 0 Å².